The first-order valence-electron chi connectivity index (χ1n) is 6.22. The first kappa shape index (κ1) is 12.4. The van der Waals surface area contributed by atoms with E-state index in [0.29, 0.717) is 11.2 Å². The Hall–Kier alpha value is -1.09. The molecule has 0 saturated heterocycles. The Labute approximate surface area is 102 Å². The van der Waals surface area contributed by atoms with Crippen LogP contribution < -0.4 is 10.1 Å². The SMILES string of the molecule is CCNCC1(Cc2ccc(OC)c(F)c2)CC1. The predicted octanol–water partition coefficient (Wildman–Crippen LogP) is 2.77. The highest BCUT2D eigenvalue weighted by Gasteiger charge is 2.41. The molecule has 1 aromatic rings. The number of rotatable bonds is 6. The highest BCUT2D eigenvalue weighted by atomic mass is 19.1. The maximum absolute atomic E-state index is 13.6. The molecule has 0 spiro atoms. The Morgan fingerprint density at radius 2 is 2.18 bits per heavy atom. The van der Waals surface area contributed by atoms with Crippen LogP contribution in [-0.2, 0) is 6.42 Å². The molecule has 0 aliphatic heterocycles. The van der Waals surface area contributed by atoms with E-state index in [0.717, 1.165) is 25.1 Å². The van der Waals surface area contributed by atoms with Crippen LogP contribution in [0.4, 0.5) is 4.39 Å². The summed E-state index contributed by atoms with van der Waals surface area (Å²) in [5.41, 5.74) is 1.44. The normalized spacial score (nSPS) is 16.9. The topological polar surface area (TPSA) is 21.3 Å². The number of hydrogen-bond acceptors (Lipinski definition) is 2. The molecule has 1 N–H and O–H groups in total. The summed E-state index contributed by atoms with van der Waals surface area (Å²) in [6.07, 6.45) is 3.45. The molecule has 94 valence electrons. The summed E-state index contributed by atoms with van der Waals surface area (Å²) in [5, 5.41) is 3.39. The zero-order valence-corrected chi connectivity index (χ0v) is 10.6. The van der Waals surface area contributed by atoms with Gasteiger partial charge in [-0.15, -0.1) is 0 Å². The van der Waals surface area contributed by atoms with Gasteiger partial charge in [0.25, 0.3) is 0 Å². The highest BCUT2D eigenvalue weighted by Crippen LogP contribution is 2.47. The van der Waals surface area contributed by atoms with Crippen LogP contribution in [0, 0.1) is 11.2 Å². The first-order valence-corrected chi connectivity index (χ1v) is 6.22. The number of halogens is 1. The van der Waals surface area contributed by atoms with E-state index in [1.54, 1.807) is 12.1 Å². The van der Waals surface area contributed by atoms with Crippen LogP contribution in [0.25, 0.3) is 0 Å². The summed E-state index contributed by atoms with van der Waals surface area (Å²) >= 11 is 0. The van der Waals surface area contributed by atoms with Crippen molar-refractivity contribution in [3.05, 3.63) is 29.6 Å². The van der Waals surface area contributed by atoms with E-state index in [1.165, 1.54) is 20.0 Å². The molecule has 1 aliphatic rings. The first-order chi connectivity index (χ1) is 8.19. The van der Waals surface area contributed by atoms with E-state index in [-0.39, 0.29) is 5.82 Å². The number of nitrogens with one attached hydrogen (secondary N) is 1. The quantitative estimate of drug-likeness (QED) is 0.821. The smallest absolute Gasteiger partial charge is 0.165 e. The molecule has 1 fully saturated rings. The fourth-order valence-electron chi connectivity index (χ4n) is 2.24. The summed E-state index contributed by atoms with van der Waals surface area (Å²) in [6.45, 7) is 4.15. The summed E-state index contributed by atoms with van der Waals surface area (Å²) in [4.78, 5) is 0. The van der Waals surface area contributed by atoms with E-state index in [4.69, 9.17) is 4.74 Å². The van der Waals surface area contributed by atoms with Crippen molar-refractivity contribution in [1.82, 2.24) is 5.32 Å². The molecule has 1 saturated carbocycles. The molecule has 1 aliphatic carbocycles. The van der Waals surface area contributed by atoms with E-state index in [2.05, 4.69) is 12.2 Å². The molecule has 0 heterocycles. The lowest BCUT2D eigenvalue weighted by Gasteiger charge is -2.15. The highest BCUT2D eigenvalue weighted by molar-refractivity contribution is 5.30. The zero-order chi connectivity index (χ0) is 12.3. The summed E-state index contributed by atoms with van der Waals surface area (Å²) in [6, 6.07) is 5.28. The second-order valence-electron chi connectivity index (χ2n) is 4.93. The van der Waals surface area contributed by atoms with Gasteiger partial charge in [-0.3, -0.25) is 0 Å². The summed E-state index contributed by atoms with van der Waals surface area (Å²) < 4.78 is 18.5. The van der Waals surface area contributed by atoms with Crippen molar-refractivity contribution in [3.8, 4) is 5.75 Å². The van der Waals surface area contributed by atoms with Crippen molar-refractivity contribution in [1.29, 1.82) is 0 Å². The Kier molecular flexibility index (Phi) is 3.67. The lowest BCUT2D eigenvalue weighted by molar-refractivity contribution is 0.385. The van der Waals surface area contributed by atoms with Crippen LogP contribution in [0.2, 0.25) is 0 Å². The summed E-state index contributed by atoms with van der Waals surface area (Å²) in [7, 11) is 1.49. The number of methoxy groups -OCH3 is 1. The maximum atomic E-state index is 13.6. The monoisotopic (exact) mass is 237 g/mol. The van der Waals surface area contributed by atoms with Gasteiger partial charge in [0.2, 0.25) is 0 Å². The largest absolute Gasteiger partial charge is 0.494 e. The third-order valence-electron chi connectivity index (χ3n) is 3.50. The van der Waals surface area contributed by atoms with Crippen molar-refractivity contribution in [2.24, 2.45) is 5.41 Å². The molecule has 0 amide bonds. The average Bonchev–Trinajstić information content (AvgIpc) is 3.07. The third kappa shape index (κ3) is 2.97. The lowest BCUT2D eigenvalue weighted by Crippen LogP contribution is -2.25. The van der Waals surface area contributed by atoms with E-state index < -0.39 is 0 Å². The van der Waals surface area contributed by atoms with Crippen LogP contribution in [-0.4, -0.2) is 20.2 Å². The van der Waals surface area contributed by atoms with Gasteiger partial charge in [-0.1, -0.05) is 13.0 Å². The molecule has 0 bridgehead atoms. The second kappa shape index (κ2) is 5.05. The Bertz CT molecular complexity index is 388. The number of benzene rings is 1. The third-order valence-corrected chi connectivity index (χ3v) is 3.50. The minimum Gasteiger partial charge on any atom is -0.494 e. The minimum absolute atomic E-state index is 0.260. The molecule has 17 heavy (non-hydrogen) atoms. The van der Waals surface area contributed by atoms with Gasteiger partial charge in [-0.2, -0.15) is 0 Å². The van der Waals surface area contributed by atoms with Crippen molar-refractivity contribution in [2.75, 3.05) is 20.2 Å². The fraction of sp³-hybridized carbons (Fsp3) is 0.571. The van der Waals surface area contributed by atoms with E-state index in [9.17, 15) is 4.39 Å². The van der Waals surface area contributed by atoms with Gasteiger partial charge in [0.15, 0.2) is 11.6 Å². The average molecular weight is 237 g/mol. The lowest BCUT2D eigenvalue weighted by atomic mass is 9.96. The molecular formula is C14H20FNO. The Balaban J connectivity index is 2.01. The van der Waals surface area contributed by atoms with Gasteiger partial charge in [-0.25, -0.2) is 4.39 Å². The zero-order valence-electron chi connectivity index (χ0n) is 10.6. The number of ether oxygens (including phenoxy) is 1. The molecular weight excluding hydrogens is 217 g/mol. The van der Waals surface area contributed by atoms with E-state index >= 15 is 0 Å². The van der Waals surface area contributed by atoms with Crippen LogP contribution in [0.15, 0.2) is 18.2 Å². The Morgan fingerprint density at radius 3 is 2.71 bits per heavy atom. The van der Waals surface area contributed by atoms with Gasteiger partial charge in [0, 0.05) is 6.54 Å². The van der Waals surface area contributed by atoms with Crippen molar-refractivity contribution in [2.45, 2.75) is 26.2 Å². The minimum atomic E-state index is -0.260. The molecule has 0 unspecified atom stereocenters. The molecule has 2 nitrogen and oxygen atoms in total. The summed E-state index contributed by atoms with van der Waals surface area (Å²) in [5.74, 6) is 0.0644. The maximum Gasteiger partial charge on any atom is 0.165 e. The number of hydrogen-bond donors (Lipinski definition) is 1. The van der Waals surface area contributed by atoms with Crippen LogP contribution in [0.3, 0.4) is 0 Å². The van der Waals surface area contributed by atoms with Crippen molar-refractivity contribution in [3.63, 3.8) is 0 Å². The second-order valence-corrected chi connectivity index (χ2v) is 4.93. The van der Waals surface area contributed by atoms with Crippen LogP contribution in [0.5, 0.6) is 5.75 Å². The predicted molar refractivity (Wildman–Crippen MR) is 66.9 cm³/mol. The molecule has 3 heteroatoms. The van der Waals surface area contributed by atoms with Gasteiger partial charge < -0.3 is 10.1 Å². The fourth-order valence-corrected chi connectivity index (χ4v) is 2.24. The van der Waals surface area contributed by atoms with Crippen LogP contribution in [0.1, 0.15) is 25.3 Å². The van der Waals surface area contributed by atoms with Gasteiger partial charge in [0.1, 0.15) is 0 Å². The molecule has 0 aromatic heterocycles. The van der Waals surface area contributed by atoms with Gasteiger partial charge in [0.05, 0.1) is 7.11 Å². The molecule has 1 aromatic carbocycles. The van der Waals surface area contributed by atoms with Crippen molar-refractivity contribution >= 4 is 0 Å². The molecule has 0 atom stereocenters. The molecule has 0 radical (unpaired) electrons. The van der Waals surface area contributed by atoms with Crippen LogP contribution >= 0.6 is 0 Å². The standard InChI is InChI=1S/C14H20FNO/c1-3-16-10-14(6-7-14)9-11-4-5-13(17-2)12(15)8-11/h4-5,8,16H,3,6-7,9-10H2,1-2H3. The van der Waals surface area contributed by atoms with E-state index in [1.807, 2.05) is 6.07 Å². The van der Waals surface area contributed by atoms with Gasteiger partial charge in [-0.05, 0) is 48.9 Å². The van der Waals surface area contributed by atoms with Gasteiger partial charge >= 0.3 is 0 Å². The Morgan fingerprint density at radius 1 is 1.41 bits per heavy atom. The van der Waals surface area contributed by atoms with Crippen molar-refractivity contribution < 1.29 is 9.13 Å². The molecule has 2 rings (SSSR count).